The van der Waals surface area contributed by atoms with Crippen molar-refractivity contribution in [2.24, 2.45) is 0 Å². The molecule has 0 aliphatic rings. The van der Waals surface area contributed by atoms with Gasteiger partial charge in [-0.3, -0.25) is 0 Å². The van der Waals surface area contributed by atoms with E-state index in [1.54, 1.807) is 0 Å². The van der Waals surface area contributed by atoms with Crippen LogP contribution in [0.3, 0.4) is 0 Å². The second-order valence-corrected chi connectivity index (χ2v) is 5.65. The van der Waals surface area contributed by atoms with Crippen LogP contribution in [0.25, 0.3) is 0 Å². The van der Waals surface area contributed by atoms with Crippen LogP contribution in [0.15, 0.2) is 0 Å². The second-order valence-electron chi connectivity index (χ2n) is 5.65. The standard InChI is InChI=1S/C16H36N.5CO.BrH.Mo/c1-5-9-13-17(14-10-6-2,15-11-7-3)16-12-8-4;5*1-2;;/h5-16H2,1-4H3;;;;;;1H;/q+1;;;;;;;/p-1. The van der Waals surface area contributed by atoms with Crippen LogP contribution in [0, 0.1) is 33.3 Å². The van der Waals surface area contributed by atoms with Crippen LogP contribution >= 0.6 is 0 Å². The van der Waals surface area contributed by atoms with Crippen molar-refractivity contribution in [3.05, 3.63) is 33.3 Å². The average molecular weight is 558 g/mol. The SMILES string of the molecule is CCCC[N+](CCCC)(CCCC)CCCC.[Br-].[C-]#[O+].[C-]#[O+].[C-]#[O+].[C-]#[O+].[C-]#[O+].[Mo]. The van der Waals surface area contributed by atoms with Crippen LogP contribution in [-0.4, -0.2) is 30.7 Å². The van der Waals surface area contributed by atoms with Gasteiger partial charge in [-0.05, 0) is 25.7 Å². The molecule has 0 aromatic carbocycles. The van der Waals surface area contributed by atoms with Gasteiger partial charge in [-0.2, -0.15) is 0 Å². The van der Waals surface area contributed by atoms with Crippen molar-refractivity contribution in [1.29, 1.82) is 0 Å². The Morgan fingerprint density at radius 1 is 0.448 bits per heavy atom. The third-order valence-corrected chi connectivity index (χ3v) is 3.94. The minimum atomic E-state index is 0. The average Bonchev–Trinajstić information content (AvgIpc) is 2.79. The number of halogens is 1. The number of quaternary nitrogens is 1. The zero-order valence-corrected chi connectivity index (χ0v) is 21.9. The number of hydrogen-bond donors (Lipinski definition) is 0. The van der Waals surface area contributed by atoms with Gasteiger partial charge in [-0.1, -0.05) is 53.4 Å². The Morgan fingerprint density at radius 2 is 0.586 bits per heavy atom. The van der Waals surface area contributed by atoms with Gasteiger partial charge in [-0.15, -0.1) is 0 Å². The normalized spacial score (nSPS) is 7.38. The van der Waals surface area contributed by atoms with Crippen LogP contribution < -0.4 is 17.0 Å². The van der Waals surface area contributed by atoms with Crippen molar-refractivity contribution in [2.75, 3.05) is 26.2 Å². The van der Waals surface area contributed by atoms with E-state index in [-0.39, 0.29) is 38.0 Å². The largest absolute Gasteiger partial charge is 0 e. The molecule has 0 rings (SSSR count). The van der Waals surface area contributed by atoms with Gasteiger partial charge in [0.15, 0.2) is 0 Å². The molecule has 8 heteroatoms. The van der Waals surface area contributed by atoms with Gasteiger partial charge in [0.1, 0.15) is 0 Å². The molecule has 0 aliphatic heterocycles. The molecule has 0 unspecified atom stereocenters. The van der Waals surface area contributed by atoms with Crippen molar-refractivity contribution in [3.63, 3.8) is 0 Å². The van der Waals surface area contributed by atoms with Gasteiger partial charge in [0, 0.05) is 21.1 Å². The summed E-state index contributed by atoms with van der Waals surface area (Å²) in [5.74, 6) is 0. The van der Waals surface area contributed by atoms with Gasteiger partial charge in [-0.25, -0.2) is 0 Å². The zero-order chi connectivity index (χ0) is 23.0. The minimum Gasteiger partial charge on any atom is 0 e. The van der Waals surface area contributed by atoms with Crippen molar-refractivity contribution < 1.29 is 65.8 Å². The summed E-state index contributed by atoms with van der Waals surface area (Å²) in [4.78, 5) is 0. The quantitative estimate of drug-likeness (QED) is 0.151. The molecule has 0 heterocycles. The monoisotopic (exact) mass is 559 g/mol. The summed E-state index contributed by atoms with van der Waals surface area (Å²) in [5.41, 5.74) is 0. The number of nitrogens with zero attached hydrogens (tertiary/aromatic N) is 1. The van der Waals surface area contributed by atoms with E-state index in [1.165, 1.54) is 82.0 Å². The third-order valence-electron chi connectivity index (χ3n) is 3.94. The molecule has 0 fully saturated rings. The molecule has 168 valence electrons. The van der Waals surface area contributed by atoms with E-state index in [0.717, 1.165) is 0 Å². The summed E-state index contributed by atoms with van der Waals surface area (Å²) in [5, 5.41) is 0. The third kappa shape index (κ3) is 47.2. The first-order valence-electron chi connectivity index (χ1n) is 9.11. The summed E-state index contributed by atoms with van der Waals surface area (Å²) >= 11 is 0. The Labute approximate surface area is 203 Å². The molecule has 0 aromatic heterocycles. The Hall–Kier alpha value is -0.172. The molecule has 29 heavy (non-hydrogen) atoms. The first-order chi connectivity index (χ1) is 13.2. The maximum absolute atomic E-state index is 7.50. The van der Waals surface area contributed by atoms with E-state index in [4.69, 9.17) is 23.3 Å². The van der Waals surface area contributed by atoms with Crippen LogP contribution in [0.1, 0.15) is 79.1 Å². The summed E-state index contributed by atoms with van der Waals surface area (Å²) in [6.45, 7) is 37.5. The summed E-state index contributed by atoms with van der Waals surface area (Å²) < 4.78 is 38.9. The summed E-state index contributed by atoms with van der Waals surface area (Å²) in [6, 6.07) is 0. The van der Waals surface area contributed by atoms with Crippen molar-refractivity contribution in [1.82, 2.24) is 0 Å². The molecule has 0 N–H and O–H groups in total. The molecule has 0 saturated heterocycles. The summed E-state index contributed by atoms with van der Waals surface area (Å²) in [6.07, 6.45) is 11.1. The predicted molar refractivity (Wildman–Crippen MR) is 99.0 cm³/mol. The maximum Gasteiger partial charge on any atom is 0 e. The molecule has 0 saturated carbocycles. The van der Waals surface area contributed by atoms with E-state index >= 15 is 0 Å². The van der Waals surface area contributed by atoms with E-state index in [0.29, 0.717) is 0 Å². The molecule has 0 radical (unpaired) electrons. The van der Waals surface area contributed by atoms with Gasteiger partial charge >= 0.3 is 56.5 Å². The molecule has 0 aromatic rings. The van der Waals surface area contributed by atoms with Gasteiger partial charge in [0.25, 0.3) is 0 Å². The van der Waals surface area contributed by atoms with Crippen LogP contribution in [0.4, 0.5) is 0 Å². The Balaban J connectivity index is -0.0000000531. The first-order valence-corrected chi connectivity index (χ1v) is 9.11. The smallest absolute Gasteiger partial charge is 0 e. The Kier molecular flexibility index (Phi) is 112. The molecule has 0 amide bonds. The van der Waals surface area contributed by atoms with Crippen LogP contribution in [-0.2, 0) is 44.3 Å². The van der Waals surface area contributed by atoms with Crippen LogP contribution in [0.2, 0.25) is 0 Å². The molecule has 6 nitrogen and oxygen atoms in total. The van der Waals surface area contributed by atoms with E-state index in [1.807, 2.05) is 0 Å². The molecule has 0 bridgehead atoms. The first kappa shape index (κ1) is 51.5. The topological polar surface area (TPSA) is 99.5 Å². The van der Waals surface area contributed by atoms with Crippen molar-refractivity contribution in [2.45, 2.75) is 79.1 Å². The molecule has 0 atom stereocenters. The fourth-order valence-corrected chi connectivity index (χ4v) is 2.64. The molecular formula is C21H36BrMoNO5. The second kappa shape index (κ2) is 63.0. The van der Waals surface area contributed by atoms with Gasteiger partial charge in [0.2, 0.25) is 0 Å². The van der Waals surface area contributed by atoms with Gasteiger partial charge in [0.05, 0.1) is 26.2 Å². The Bertz CT molecular complexity index is 272. The predicted octanol–water partition coefficient (Wildman–Crippen LogP) is 1.82. The number of rotatable bonds is 12. The van der Waals surface area contributed by atoms with Crippen molar-refractivity contribution in [3.8, 4) is 0 Å². The van der Waals surface area contributed by atoms with Crippen molar-refractivity contribution >= 4 is 0 Å². The zero-order valence-electron chi connectivity index (χ0n) is 18.3. The molecule has 0 aliphatic carbocycles. The van der Waals surface area contributed by atoms with Gasteiger partial charge < -0.3 is 21.5 Å². The number of unbranched alkanes of at least 4 members (excludes halogenated alkanes) is 4. The molecule has 0 spiro atoms. The van der Waals surface area contributed by atoms with E-state index in [9.17, 15) is 0 Å². The van der Waals surface area contributed by atoms with E-state index in [2.05, 4.69) is 60.9 Å². The summed E-state index contributed by atoms with van der Waals surface area (Å²) in [7, 11) is 0. The van der Waals surface area contributed by atoms with Crippen LogP contribution in [0.5, 0.6) is 0 Å². The fourth-order valence-electron chi connectivity index (χ4n) is 2.64. The maximum atomic E-state index is 7.50. The number of hydrogen-bond acceptors (Lipinski definition) is 0. The van der Waals surface area contributed by atoms with E-state index < -0.39 is 0 Å². The fraction of sp³-hybridized carbons (Fsp3) is 0.762. The Morgan fingerprint density at radius 3 is 0.690 bits per heavy atom. The molecular weight excluding hydrogens is 522 g/mol. The minimum absolute atomic E-state index is 0.